The Balaban J connectivity index is 1.92. The first-order valence-electron chi connectivity index (χ1n) is 7.19. The largest absolute Gasteiger partial charge is 0.377 e. The van der Waals surface area contributed by atoms with Crippen molar-refractivity contribution in [2.75, 3.05) is 46.0 Å². The molecule has 0 aromatic rings. The van der Waals surface area contributed by atoms with Crippen LogP contribution in [0.5, 0.6) is 0 Å². The minimum Gasteiger partial charge on any atom is -0.377 e. The van der Waals surface area contributed by atoms with Crippen LogP contribution in [0.3, 0.4) is 0 Å². The average Bonchev–Trinajstić information content (AvgIpc) is 2.48. The third-order valence-electron chi connectivity index (χ3n) is 3.51. The number of hydrogen-bond donors (Lipinski definition) is 2. The molecule has 2 heterocycles. The van der Waals surface area contributed by atoms with Gasteiger partial charge in [-0.15, -0.1) is 0 Å². The van der Waals surface area contributed by atoms with Crippen LogP contribution in [0.25, 0.3) is 0 Å². The van der Waals surface area contributed by atoms with Gasteiger partial charge in [0.2, 0.25) is 11.8 Å². The molecular weight excluding hydrogens is 262 g/mol. The van der Waals surface area contributed by atoms with Crippen molar-refractivity contribution in [1.29, 1.82) is 0 Å². The lowest BCUT2D eigenvalue weighted by atomic mass is 10.1. The molecule has 2 amide bonds. The molecule has 2 aliphatic heterocycles. The first-order valence-corrected chi connectivity index (χ1v) is 7.19. The molecular formula is C13H23N3O4. The molecule has 2 N–H and O–H groups in total. The Morgan fingerprint density at radius 3 is 2.95 bits per heavy atom. The zero-order valence-electron chi connectivity index (χ0n) is 11.9. The Labute approximate surface area is 119 Å². The lowest BCUT2D eigenvalue weighted by Gasteiger charge is -2.35. The highest BCUT2D eigenvalue weighted by atomic mass is 16.5. The molecule has 0 bridgehead atoms. The predicted molar refractivity (Wildman–Crippen MR) is 72.2 cm³/mol. The normalized spacial score (nSPS) is 27.1. The molecule has 2 atom stereocenters. The van der Waals surface area contributed by atoms with Crippen molar-refractivity contribution < 1.29 is 19.1 Å². The van der Waals surface area contributed by atoms with E-state index < -0.39 is 6.04 Å². The molecule has 0 spiro atoms. The van der Waals surface area contributed by atoms with Crippen LogP contribution in [-0.4, -0.2) is 74.9 Å². The molecule has 2 aliphatic rings. The van der Waals surface area contributed by atoms with Crippen LogP contribution in [-0.2, 0) is 19.1 Å². The summed E-state index contributed by atoms with van der Waals surface area (Å²) in [6.07, 6.45) is 0.206. The summed E-state index contributed by atoms with van der Waals surface area (Å²) in [5.41, 5.74) is 0. The molecule has 7 heteroatoms. The number of nitrogens with one attached hydrogen (secondary N) is 2. The minimum absolute atomic E-state index is 0.0433. The van der Waals surface area contributed by atoms with Crippen molar-refractivity contribution >= 4 is 11.8 Å². The van der Waals surface area contributed by atoms with Gasteiger partial charge in [-0.1, -0.05) is 0 Å². The van der Waals surface area contributed by atoms with Gasteiger partial charge in [0.1, 0.15) is 6.04 Å². The first kappa shape index (κ1) is 15.2. The zero-order valence-corrected chi connectivity index (χ0v) is 11.9. The van der Waals surface area contributed by atoms with Crippen molar-refractivity contribution in [3.8, 4) is 0 Å². The van der Waals surface area contributed by atoms with Crippen LogP contribution in [0.4, 0.5) is 0 Å². The van der Waals surface area contributed by atoms with Crippen molar-refractivity contribution in [2.45, 2.75) is 25.5 Å². The van der Waals surface area contributed by atoms with E-state index in [4.69, 9.17) is 9.47 Å². The highest BCUT2D eigenvalue weighted by Gasteiger charge is 2.33. The Morgan fingerprint density at radius 1 is 1.40 bits per heavy atom. The van der Waals surface area contributed by atoms with Gasteiger partial charge in [-0.25, -0.2) is 0 Å². The highest BCUT2D eigenvalue weighted by Crippen LogP contribution is 2.12. The smallest absolute Gasteiger partial charge is 0.245 e. The number of ether oxygens (including phenoxy) is 2. The second-order valence-corrected chi connectivity index (χ2v) is 4.97. The van der Waals surface area contributed by atoms with E-state index in [0.717, 1.165) is 6.54 Å². The van der Waals surface area contributed by atoms with E-state index in [2.05, 4.69) is 10.6 Å². The van der Waals surface area contributed by atoms with Crippen molar-refractivity contribution in [2.24, 2.45) is 0 Å². The molecule has 2 fully saturated rings. The fourth-order valence-electron chi connectivity index (χ4n) is 2.47. The molecule has 2 rings (SSSR count). The molecule has 0 radical (unpaired) electrons. The van der Waals surface area contributed by atoms with E-state index >= 15 is 0 Å². The van der Waals surface area contributed by atoms with E-state index in [-0.39, 0.29) is 24.5 Å². The Hall–Kier alpha value is -1.18. The van der Waals surface area contributed by atoms with Crippen LogP contribution in [0, 0.1) is 0 Å². The Kier molecular flexibility index (Phi) is 5.75. The lowest BCUT2D eigenvalue weighted by Crippen LogP contribution is -2.56. The number of carbonyl (C=O) groups excluding carboxylic acids is 2. The summed E-state index contributed by atoms with van der Waals surface area (Å²) in [5, 5.41) is 5.94. The maximum atomic E-state index is 12.4. The zero-order chi connectivity index (χ0) is 14.4. The topological polar surface area (TPSA) is 79.9 Å². The van der Waals surface area contributed by atoms with Gasteiger partial charge >= 0.3 is 0 Å². The van der Waals surface area contributed by atoms with Gasteiger partial charge in [-0.2, -0.15) is 0 Å². The molecule has 0 saturated carbocycles. The molecule has 0 aromatic heterocycles. The molecule has 0 aromatic carbocycles. The molecule has 2 saturated heterocycles. The van der Waals surface area contributed by atoms with Crippen LogP contribution in [0.2, 0.25) is 0 Å². The SMILES string of the molecule is CCNC(=O)C1COCCN1C(=O)CC1CNCCO1. The number of carbonyl (C=O) groups is 2. The summed E-state index contributed by atoms with van der Waals surface area (Å²) in [7, 11) is 0. The highest BCUT2D eigenvalue weighted by molar-refractivity contribution is 5.88. The van der Waals surface area contributed by atoms with Gasteiger partial charge in [0.15, 0.2) is 0 Å². The van der Waals surface area contributed by atoms with Crippen molar-refractivity contribution in [3.05, 3.63) is 0 Å². The second kappa shape index (κ2) is 7.56. The van der Waals surface area contributed by atoms with Crippen LogP contribution in [0.15, 0.2) is 0 Å². The quantitative estimate of drug-likeness (QED) is 0.673. The predicted octanol–water partition coefficient (Wildman–Crippen LogP) is -1.27. The number of nitrogens with zero attached hydrogens (tertiary/aromatic N) is 1. The van der Waals surface area contributed by atoms with Gasteiger partial charge in [-0.3, -0.25) is 9.59 Å². The van der Waals surface area contributed by atoms with Crippen LogP contribution in [0.1, 0.15) is 13.3 Å². The van der Waals surface area contributed by atoms with Crippen LogP contribution >= 0.6 is 0 Å². The lowest BCUT2D eigenvalue weighted by molar-refractivity contribution is -0.150. The van der Waals surface area contributed by atoms with Crippen molar-refractivity contribution in [1.82, 2.24) is 15.5 Å². The summed E-state index contributed by atoms with van der Waals surface area (Å²) >= 11 is 0. The van der Waals surface area contributed by atoms with E-state index in [1.807, 2.05) is 6.92 Å². The van der Waals surface area contributed by atoms with E-state index in [1.54, 1.807) is 4.90 Å². The summed E-state index contributed by atoms with van der Waals surface area (Å²) in [6, 6.07) is -0.521. The van der Waals surface area contributed by atoms with E-state index in [0.29, 0.717) is 39.3 Å². The van der Waals surface area contributed by atoms with E-state index in [1.165, 1.54) is 0 Å². The monoisotopic (exact) mass is 285 g/mol. The van der Waals surface area contributed by atoms with Crippen LogP contribution < -0.4 is 10.6 Å². The van der Waals surface area contributed by atoms with Gasteiger partial charge < -0.3 is 25.0 Å². The summed E-state index contributed by atoms with van der Waals surface area (Å²) in [6.45, 7) is 5.74. The summed E-state index contributed by atoms with van der Waals surface area (Å²) in [5.74, 6) is -0.193. The Bertz CT molecular complexity index is 345. The maximum absolute atomic E-state index is 12.4. The minimum atomic E-state index is -0.521. The molecule has 20 heavy (non-hydrogen) atoms. The average molecular weight is 285 g/mol. The maximum Gasteiger partial charge on any atom is 0.245 e. The number of hydrogen-bond acceptors (Lipinski definition) is 5. The van der Waals surface area contributed by atoms with E-state index in [9.17, 15) is 9.59 Å². The summed E-state index contributed by atoms with van der Waals surface area (Å²) < 4.78 is 10.9. The fraction of sp³-hybridized carbons (Fsp3) is 0.846. The Morgan fingerprint density at radius 2 is 2.25 bits per heavy atom. The van der Waals surface area contributed by atoms with Gasteiger partial charge in [0.05, 0.1) is 32.3 Å². The first-order chi connectivity index (χ1) is 9.72. The number of likely N-dealkylation sites (N-methyl/N-ethyl adjacent to an activating group) is 1. The van der Waals surface area contributed by atoms with Gasteiger partial charge in [0, 0.05) is 26.2 Å². The molecule has 7 nitrogen and oxygen atoms in total. The third-order valence-corrected chi connectivity index (χ3v) is 3.51. The van der Waals surface area contributed by atoms with Gasteiger partial charge in [-0.05, 0) is 6.92 Å². The molecule has 114 valence electrons. The molecule has 2 unspecified atom stereocenters. The van der Waals surface area contributed by atoms with Gasteiger partial charge in [0.25, 0.3) is 0 Å². The standard InChI is InChI=1S/C13H23N3O4/c1-2-15-13(18)11-9-19-6-4-16(11)12(17)7-10-8-14-3-5-20-10/h10-11,14H,2-9H2,1H3,(H,15,18). The number of rotatable bonds is 4. The fourth-order valence-corrected chi connectivity index (χ4v) is 2.47. The number of amides is 2. The number of morpholine rings is 2. The summed E-state index contributed by atoms with van der Waals surface area (Å²) in [4.78, 5) is 26.0. The second-order valence-electron chi connectivity index (χ2n) is 4.97. The molecule has 0 aliphatic carbocycles. The van der Waals surface area contributed by atoms with Crippen molar-refractivity contribution in [3.63, 3.8) is 0 Å². The third kappa shape index (κ3) is 3.91.